The second kappa shape index (κ2) is 8.34. The van der Waals surface area contributed by atoms with E-state index >= 15 is 0 Å². The molecule has 4 heteroatoms. The van der Waals surface area contributed by atoms with E-state index in [-0.39, 0.29) is 5.57 Å². The molecule has 0 amide bonds. The van der Waals surface area contributed by atoms with Gasteiger partial charge in [-0.1, -0.05) is 32.8 Å². The molecule has 0 saturated heterocycles. The second-order valence-corrected chi connectivity index (χ2v) is 5.37. The van der Waals surface area contributed by atoms with Gasteiger partial charge in [0.05, 0.1) is 0 Å². The van der Waals surface area contributed by atoms with Gasteiger partial charge in [-0.2, -0.15) is 5.26 Å². The molecule has 3 nitrogen and oxygen atoms in total. The minimum atomic E-state index is -1.19. The lowest BCUT2D eigenvalue weighted by atomic mass is 10.0. The zero-order valence-electron chi connectivity index (χ0n) is 11.8. The molecule has 0 fully saturated rings. The van der Waals surface area contributed by atoms with Crippen molar-refractivity contribution in [1.29, 1.82) is 5.26 Å². The third-order valence-corrected chi connectivity index (χ3v) is 3.93. The van der Waals surface area contributed by atoms with E-state index in [0.717, 1.165) is 30.6 Å². The number of aliphatic carboxylic acids is 1. The number of nitrogens with zero attached hydrogens (tertiary/aromatic N) is 1. The number of hydrogen-bond donors (Lipinski definition) is 1. The SMILES string of the molecule is CCCc1csc(C=CC=C(C#N)C(=O)O)c1CCC. The Morgan fingerprint density at radius 3 is 2.65 bits per heavy atom. The van der Waals surface area contributed by atoms with Crippen molar-refractivity contribution in [1.82, 2.24) is 0 Å². The first-order valence-corrected chi connectivity index (χ1v) is 7.62. The summed E-state index contributed by atoms with van der Waals surface area (Å²) >= 11 is 1.68. The van der Waals surface area contributed by atoms with Crippen molar-refractivity contribution >= 4 is 23.4 Å². The Morgan fingerprint density at radius 2 is 2.10 bits per heavy atom. The first-order valence-electron chi connectivity index (χ1n) is 6.75. The molecule has 1 rings (SSSR count). The Kier molecular flexibility index (Phi) is 6.75. The van der Waals surface area contributed by atoms with E-state index in [1.165, 1.54) is 17.2 Å². The van der Waals surface area contributed by atoms with Crippen LogP contribution in [0.25, 0.3) is 6.08 Å². The molecule has 0 bridgehead atoms. The summed E-state index contributed by atoms with van der Waals surface area (Å²) in [5.74, 6) is -1.19. The van der Waals surface area contributed by atoms with Crippen molar-refractivity contribution in [3.05, 3.63) is 39.1 Å². The summed E-state index contributed by atoms with van der Waals surface area (Å²) in [6, 6.07) is 1.67. The van der Waals surface area contributed by atoms with Crippen LogP contribution in [-0.2, 0) is 17.6 Å². The zero-order chi connectivity index (χ0) is 15.0. The van der Waals surface area contributed by atoms with Crippen LogP contribution < -0.4 is 0 Å². The van der Waals surface area contributed by atoms with E-state index in [0.29, 0.717) is 0 Å². The molecule has 20 heavy (non-hydrogen) atoms. The summed E-state index contributed by atoms with van der Waals surface area (Å²) in [6.45, 7) is 4.32. The largest absolute Gasteiger partial charge is 0.477 e. The highest BCUT2D eigenvalue weighted by molar-refractivity contribution is 7.11. The van der Waals surface area contributed by atoms with Crippen LogP contribution in [0.3, 0.4) is 0 Å². The van der Waals surface area contributed by atoms with Crippen molar-refractivity contribution < 1.29 is 9.90 Å². The van der Waals surface area contributed by atoms with Gasteiger partial charge in [-0.05, 0) is 41.5 Å². The molecule has 1 N–H and O–H groups in total. The molecule has 0 aromatic carbocycles. The number of allylic oxidation sites excluding steroid dienone is 2. The maximum absolute atomic E-state index is 10.7. The average molecular weight is 289 g/mol. The summed E-state index contributed by atoms with van der Waals surface area (Å²) in [5, 5.41) is 19.6. The number of rotatable bonds is 7. The van der Waals surface area contributed by atoms with Gasteiger partial charge in [0, 0.05) is 4.88 Å². The van der Waals surface area contributed by atoms with E-state index in [9.17, 15) is 4.79 Å². The molecule has 0 atom stereocenters. The summed E-state index contributed by atoms with van der Waals surface area (Å²) < 4.78 is 0. The highest BCUT2D eigenvalue weighted by Gasteiger charge is 2.08. The van der Waals surface area contributed by atoms with Crippen LogP contribution in [0.4, 0.5) is 0 Å². The zero-order valence-corrected chi connectivity index (χ0v) is 12.7. The van der Waals surface area contributed by atoms with Crippen LogP contribution in [-0.4, -0.2) is 11.1 Å². The van der Waals surface area contributed by atoms with E-state index < -0.39 is 5.97 Å². The summed E-state index contributed by atoms with van der Waals surface area (Å²) in [5.41, 5.74) is 2.50. The molecule has 1 aromatic rings. The Bertz CT molecular complexity index is 562. The van der Waals surface area contributed by atoms with Crippen LogP contribution >= 0.6 is 11.3 Å². The molecule has 0 aliphatic carbocycles. The first-order chi connectivity index (χ1) is 9.63. The predicted octanol–water partition coefficient (Wildman–Crippen LogP) is 4.20. The minimum Gasteiger partial charge on any atom is -0.477 e. The minimum absolute atomic E-state index is 0.247. The van der Waals surface area contributed by atoms with E-state index in [4.69, 9.17) is 10.4 Å². The fourth-order valence-corrected chi connectivity index (χ4v) is 3.04. The molecule has 0 unspecified atom stereocenters. The lowest BCUT2D eigenvalue weighted by molar-refractivity contribution is -0.132. The lowest BCUT2D eigenvalue weighted by Gasteiger charge is -2.02. The third kappa shape index (κ3) is 4.36. The fraction of sp³-hybridized carbons (Fsp3) is 0.375. The second-order valence-electron chi connectivity index (χ2n) is 4.46. The third-order valence-electron chi connectivity index (χ3n) is 2.89. The molecular formula is C16H19NO2S. The Labute approximate surface area is 123 Å². The highest BCUT2D eigenvalue weighted by Crippen LogP contribution is 2.26. The van der Waals surface area contributed by atoms with Gasteiger partial charge in [0.25, 0.3) is 0 Å². The van der Waals surface area contributed by atoms with E-state index in [1.807, 2.05) is 6.08 Å². The average Bonchev–Trinajstić information content (AvgIpc) is 2.78. The van der Waals surface area contributed by atoms with Crippen molar-refractivity contribution in [3.8, 4) is 6.07 Å². The van der Waals surface area contributed by atoms with Gasteiger partial charge in [-0.3, -0.25) is 0 Å². The van der Waals surface area contributed by atoms with Crippen molar-refractivity contribution in [2.24, 2.45) is 0 Å². The maximum Gasteiger partial charge on any atom is 0.346 e. The van der Waals surface area contributed by atoms with Gasteiger partial charge in [0.15, 0.2) is 0 Å². The highest BCUT2D eigenvalue weighted by atomic mass is 32.1. The monoisotopic (exact) mass is 289 g/mol. The number of thiophene rings is 1. The standard InChI is InChI=1S/C16H19NO2S/c1-3-6-13-11-20-15(14(13)7-4-2)9-5-8-12(10-17)16(18)19/h5,8-9,11H,3-4,6-7H2,1-2H3,(H,18,19). The van der Waals surface area contributed by atoms with Crippen molar-refractivity contribution in [3.63, 3.8) is 0 Å². The molecule has 0 spiro atoms. The summed E-state index contributed by atoms with van der Waals surface area (Å²) in [4.78, 5) is 11.9. The predicted molar refractivity (Wildman–Crippen MR) is 82.7 cm³/mol. The summed E-state index contributed by atoms with van der Waals surface area (Å²) in [6.07, 6.45) is 9.21. The number of carbonyl (C=O) groups is 1. The Hall–Kier alpha value is -1.86. The van der Waals surface area contributed by atoms with Gasteiger partial charge < -0.3 is 5.11 Å². The van der Waals surface area contributed by atoms with Gasteiger partial charge in [-0.15, -0.1) is 11.3 Å². The van der Waals surface area contributed by atoms with Gasteiger partial charge in [0.2, 0.25) is 0 Å². The molecule has 0 radical (unpaired) electrons. The number of carboxylic acid groups (broad SMARTS) is 1. The Morgan fingerprint density at radius 1 is 1.40 bits per heavy atom. The number of aryl methyl sites for hydroxylation is 1. The Balaban J connectivity index is 2.97. The smallest absolute Gasteiger partial charge is 0.346 e. The first kappa shape index (κ1) is 16.2. The molecule has 106 valence electrons. The van der Waals surface area contributed by atoms with Crippen molar-refractivity contribution in [2.75, 3.05) is 0 Å². The molecular weight excluding hydrogens is 270 g/mol. The van der Waals surface area contributed by atoms with E-state index in [2.05, 4.69) is 19.2 Å². The van der Waals surface area contributed by atoms with E-state index in [1.54, 1.807) is 23.5 Å². The molecule has 0 saturated carbocycles. The van der Waals surface area contributed by atoms with Gasteiger partial charge in [-0.25, -0.2) is 4.79 Å². The molecule has 0 aliphatic heterocycles. The van der Waals surface area contributed by atoms with Gasteiger partial charge in [0.1, 0.15) is 11.6 Å². The lowest BCUT2D eigenvalue weighted by Crippen LogP contribution is -1.96. The number of nitriles is 1. The number of hydrogen-bond acceptors (Lipinski definition) is 3. The summed E-state index contributed by atoms with van der Waals surface area (Å²) in [7, 11) is 0. The normalized spacial score (nSPS) is 11.8. The van der Waals surface area contributed by atoms with Crippen LogP contribution in [0.5, 0.6) is 0 Å². The molecule has 1 aromatic heterocycles. The topological polar surface area (TPSA) is 61.1 Å². The van der Waals surface area contributed by atoms with Gasteiger partial charge >= 0.3 is 5.97 Å². The van der Waals surface area contributed by atoms with Crippen molar-refractivity contribution in [2.45, 2.75) is 39.5 Å². The molecule has 0 aliphatic rings. The maximum atomic E-state index is 10.7. The van der Waals surface area contributed by atoms with Crippen LogP contribution in [0.1, 0.15) is 42.7 Å². The quantitative estimate of drug-likeness (QED) is 0.465. The number of carboxylic acids is 1. The molecule has 1 heterocycles. The van der Waals surface area contributed by atoms with Crippen LogP contribution in [0, 0.1) is 11.3 Å². The van der Waals surface area contributed by atoms with Crippen LogP contribution in [0.15, 0.2) is 23.1 Å². The van der Waals surface area contributed by atoms with Crippen LogP contribution in [0.2, 0.25) is 0 Å². The fourth-order valence-electron chi connectivity index (χ4n) is 1.98.